The zero-order valence-electron chi connectivity index (χ0n) is 11.8. The molecule has 4 nitrogen and oxygen atoms in total. The average Bonchev–Trinajstić information content (AvgIpc) is 2.41. The van der Waals surface area contributed by atoms with Crippen LogP contribution in [0.5, 0.6) is 0 Å². The maximum absolute atomic E-state index is 11.2. The Morgan fingerprint density at radius 1 is 1.30 bits per heavy atom. The van der Waals surface area contributed by atoms with Gasteiger partial charge in [0.1, 0.15) is 6.10 Å². The highest BCUT2D eigenvalue weighted by Gasteiger charge is 2.24. The topological polar surface area (TPSA) is 60.4 Å². The summed E-state index contributed by atoms with van der Waals surface area (Å²) in [6.45, 7) is 3.38. The van der Waals surface area contributed by atoms with Crippen molar-refractivity contribution in [2.75, 3.05) is 0 Å². The first-order chi connectivity index (χ1) is 9.54. The van der Waals surface area contributed by atoms with Crippen LogP contribution in [0.25, 0.3) is 0 Å². The van der Waals surface area contributed by atoms with Gasteiger partial charge in [0.2, 0.25) is 10.3 Å². The lowest BCUT2D eigenvalue weighted by Crippen LogP contribution is -2.26. The second-order valence-corrected chi connectivity index (χ2v) is 5.42. The predicted octanol–water partition coefficient (Wildman–Crippen LogP) is 2.57. The van der Waals surface area contributed by atoms with Crippen molar-refractivity contribution in [1.29, 1.82) is 0 Å². The largest absolute Gasteiger partial charge is 0.462 e. The summed E-state index contributed by atoms with van der Waals surface area (Å²) in [7, 11) is -2.30. The first-order valence-corrected chi connectivity index (χ1v) is 7.83. The van der Waals surface area contributed by atoms with Crippen molar-refractivity contribution in [3.05, 3.63) is 35.9 Å². The van der Waals surface area contributed by atoms with Crippen molar-refractivity contribution >= 4 is 21.6 Å². The minimum absolute atomic E-state index is 0.392. The van der Waals surface area contributed by atoms with E-state index in [1.807, 2.05) is 37.3 Å². The van der Waals surface area contributed by atoms with Gasteiger partial charge in [0, 0.05) is 12.3 Å². The number of carbonyl (C=O) groups excluding carboxylic acids is 1. The molecule has 0 heterocycles. The minimum atomic E-state index is -2.30. The molecule has 20 heavy (non-hydrogen) atoms. The summed E-state index contributed by atoms with van der Waals surface area (Å²) in [5, 5.41) is 1.21. The fraction of sp³-hybridized carbons (Fsp3) is 0.467. The third-order valence-corrected chi connectivity index (χ3v) is 3.52. The standard InChI is InChI=1S/C15H20O4S/c1-3-4-10-15(19-12(2)16)14(11-20(17)18)13-8-6-5-7-9-13/h5-9,11,14-15H,3-4,10H2,1-2H3. The van der Waals surface area contributed by atoms with Crippen LogP contribution in [-0.2, 0) is 19.8 Å². The Morgan fingerprint density at radius 2 is 1.95 bits per heavy atom. The molecule has 0 saturated carbocycles. The first kappa shape index (κ1) is 16.4. The Hall–Kier alpha value is -1.62. The summed E-state index contributed by atoms with van der Waals surface area (Å²) in [4.78, 5) is 11.2. The van der Waals surface area contributed by atoms with Gasteiger partial charge in [-0.25, -0.2) is 0 Å². The highest BCUT2D eigenvalue weighted by Crippen LogP contribution is 2.24. The Balaban J connectivity index is 3.10. The van der Waals surface area contributed by atoms with Gasteiger partial charge in [0.05, 0.1) is 5.92 Å². The van der Waals surface area contributed by atoms with Crippen LogP contribution < -0.4 is 0 Å². The summed E-state index contributed by atoms with van der Waals surface area (Å²) in [6.07, 6.45) is 2.02. The molecule has 1 aromatic carbocycles. The van der Waals surface area contributed by atoms with Crippen molar-refractivity contribution in [3.8, 4) is 0 Å². The van der Waals surface area contributed by atoms with E-state index in [2.05, 4.69) is 0 Å². The zero-order chi connectivity index (χ0) is 15.0. The van der Waals surface area contributed by atoms with E-state index in [0.29, 0.717) is 6.42 Å². The van der Waals surface area contributed by atoms with Gasteiger partial charge in [-0.2, -0.15) is 8.42 Å². The lowest BCUT2D eigenvalue weighted by molar-refractivity contribution is -0.147. The molecule has 1 aromatic rings. The Morgan fingerprint density at radius 3 is 2.45 bits per heavy atom. The monoisotopic (exact) mass is 296 g/mol. The van der Waals surface area contributed by atoms with Gasteiger partial charge in [-0.05, 0) is 12.0 Å². The minimum Gasteiger partial charge on any atom is -0.462 e. The van der Waals surface area contributed by atoms with Crippen LogP contribution in [0.3, 0.4) is 0 Å². The second kappa shape index (κ2) is 8.53. The molecule has 5 heteroatoms. The molecule has 0 radical (unpaired) electrons. The molecule has 0 amide bonds. The number of hydrogen-bond acceptors (Lipinski definition) is 4. The normalized spacial score (nSPS) is 13.3. The quantitative estimate of drug-likeness (QED) is 0.573. The van der Waals surface area contributed by atoms with Gasteiger partial charge in [0.25, 0.3) is 0 Å². The van der Waals surface area contributed by atoms with Gasteiger partial charge >= 0.3 is 5.97 Å². The molecule has 0 N–H and O–H groups in total. The molecule has 0 aliphatic rings. The molecule has 110 valence electrons. The summed E-state index contributed by atoms with van der Waals surface area (Å²) >= 11 is 0. The third kappa shape index (κ3) is 5.57. The van der Waals surface area contributed by atoms with Gasteiger partial charge in [-0.15, -0.1) is 0 Å². The van der Waals surface area contributed by atoms with Gasteiger partial charge in [0.15, 0.2) is 0 Å². The number of ether oxygens (including phenoxy) is 1. The van der Waals surface area contributed by atoms with Crippen LogP contribution in [0.2, 0.25) is 0 Å². The Kier molecular flexibility index (Phi) is 7.01. The Bertz CT molecular complexity index is 540. The average molecular weight is 296 g/mol. The molecule has 0 spiro atoms. The van der Waals surface area contributed by atoms with E-state index in [1.54, 1.807) is 0 Å². The van der Waals surface area contributed by atoms with Crippen LogP contribution in [0.1, 0.15) is 44.6 Å². The van der Waals surface area contributed by atoms with Crippen LogP contribution in [0, 0.1) is 0 Å². The zero-order valence-corrected chi connectivity index (χ0v) is 12.6. The fourth-order valence-electron chi connectivity index (χ4n) is 2.11. The molecule has 2 atom stereocenters. The number of esters is 1. The van der Waals surface area contributed by atoms with E-state index < -0.39 is 28.3 Å². The molecular formula is C15H20O4S. The van der Waals surface area contributed by atoms with Gasteiger partial charge in [-0.3, -0.25) is 4.79 Å². The summed E-state index contributed by atoms with van der Waals surface area (Å²) in [5.74, 6) is -0.831. The van der Waals surface area contributed by atoms with Crippen LogP contribution in [-0.4, -0.2) is 25.9 Å². The fourth-order valence-corrected chi connectivity index (χ4v) is 2.68. The van der Waals surface area contributed by atoms with E-state index in [0.717, 1.165) is 18.4 Å². The summed E-state index contributed by atoms with van der Waals surface area (Å²) in [6, 6.07) is 9.23. The summed E-state index contributed by atoms with van der Waals surface area (Å²) < 4.78 is 27.4. The molecule has 2 unspecified atom stereocenters. The number of benzene rings is 1. The lowest BCUT2D eigenvalue weighted by atomic mass is 9.92. The van der Waals surface area contributed by atoms with Crippen LogP contribution in [0.4, 0.5) is 0 Å². The van der Waals surface area contributed by atoms with Crippen LogP contribution in [0.15, 0.2) is 30.3 Å². The highest BCUT2D eigenvalue weighted by molar-refractivity contribution is 7.71. The maximum Gasteiger partial charge on any atom is 0.302 e. The van der Waals surface area contributed by atoms with Crippen molar-refractivity contribution in [1.82, 2.24) is 0 Å². The first-order valence-electron chi connectivity index (χ1n) is 6.69. The number of rotatable bonds is 7. The van der Waals surface area contributed by atoms with E-state index in [4.69, 9.17) is 4.74 Å². The van der Waals surface area contributed by atoms with E-state index >= 15 is 0 Å². The molecule has 0 aromatic heterocycles. The summed E-state index contributed by atoms with van der Waals surface area (Å²) in [5.41, 5.74) is 0.832. The SMILES string of the molecule is CCCCC(OC(C)=O)C(C=S(=O)=O)c1ccccc1. The van der Waals surface area contributed by atoms with E-state index in [-0.39, 0.29) is 0 Å². The highest BCUT2D eigenvalue weighted by atomic mass is 32.2. The van der Waals surface area contributed by atoms with E-state index in [1.165, 1.54) is 12.3 Å². The molecule has 0 bridgehead atoms. The van der Waals surface area contributed by atoms with Crippen LogP contribution >= 0.6 is 0 Å². The molecule has 0 fully saturated rings. The smallest absolute Gasteiger partial charge is 0.302 e. The van der Waals surface area contributed by atoms with Gasteiger partial charge in [-0.1, -0.05) is 50.1 Å². The van der Waals surface area contributed by atoms with Crippen molar-refractivity contribution in [2.45, 2.75) is 45.1 Å². The molecule has 0 aliphatic heterocycles. The second-order valence-electron chi connectivity index (χ2n) is 4.62. The van der Waals surface area contributed by atoms with Crippen molar-refractivity contribution in [3.63, 3.8) is 0 Å². The number of hydrogen-bond donors (Lipinski definition) is 0. The maximum atomic E-state index is 11.2. The number of unbranched alkanes of at least 4 members (excludes halogenated alkanes) is 1. The molecule has 1 rings (SSSR count). The van der Waals surface area contributed by atoms with Crippen molar-refractivity contribution in [2.24, 2.45) is 0 Å². The predicted molar refractivity (Wildman–Crippen MR) is 79.2 cm³/mol. The molecule has 0 saturated heterocycles. The van der Waals surface area contributed by atoms with Gasteiger partial charge < -0.3 is 4.74 Å². The third-order valence-electron chi connectivity index (χ3n) is 3.00. The van der Waals surface area contributed by atoms with Crippen molar-refractivity contribution < 1.29 is 17.9 Å². The number of carbonyl (C=O) groups is 1. The molecule has 0 aliphatic carbocycles. The lowest BCUT2D eigenvalue weighted by Gasteiger charge is -2.23. The molecular weight excluding hydrogens is 276 g/mol. The van der Waals surface area contributed by atoms with E-state index in [9.17, 15) is 13.2 Å². The Labute approximate surface area is 121 Å².